The van der Waals surface area contributed by atoms with Crippen molar-refractivity contribution in [1.82, 2.24) is 14.9 Å². The van der Waals surface area contributed by atoms with Gasteiger partial charge in [-0.25, -0.2) is 0 Å². The second kappa shape index (κ2) is 7.35. The highest BCUT2D eigenvalue weighted by Gasteiger charge is 2.24. The van der Waals surface area contributed by atoms with Crippen LogP contribution in [-0.4, -0.2) is 47.0 Å². The number of carbonyl (C=O) groups excluding carboxylic acids is 1. The smallest absolute Gasteiger partial charge is 0.254 e. The maximum atomic E-state index is 13.3. The number of aromatic nitrogens is 2. The van der Waals surface area contributed by atoms with Gasteiger partial charge in [-0.05, 0) is 30.2 Å². The van der Waals surface area contributed by atoms with E-state index < -0.39 is 0 Å². The van der Waals surface area contributed by atoms with Gasteiger partial charge >= 0.3 is 0 Å². The molecule has 3 aromatic rings. The number of fused-ring (bicyclic) bond motifs is 1. The van der Waals surface area contributed by atoms with E-state index in [2.05, 4.69) is 23.7 Å². The van der Waals surface area contributed by atoms with Gasteiger partial charge in [0.05, 0.1) is 11.1 Å². The Kier molecular flexibility index (Phi) is 4.75. The van der Waals surface area contributed by atoms with Gasteiger partial charge in [-0.15, -0.1) is 0 Å². The maximum absolute atomic E-state index is 13.3. The number of hydrogen-bond acceptors (Lipinski definition) is 4. The Bertz CT molecular complexity index is 947. The molecule has 3 heterocycles. The van der Waals surface area contributed by atoms with Gasteiger partial charge in [-0.1, -0.05) is 32.0 Å². The van der Waals surface area contributed by atoms with E-state index in [-0.39, 0.29) is 11.8 Å². The molecule has 0 bridgehead atoms. The van der Waals surface area contributed by atoms with Crippen molar-refractivity contribution in [2.75, 3.05) is 31.1 Å². The van der Waals surface area contributed by atoms with E-state index in [1.807, 2.05) is 59.8 Å². The van der Waals surface area contributed by atoms with E-state index in [0.29, 0.717) is 0 Å². The first-order valence-corrected chi connectivity index (χ1v) is 9.47. The molecule has 1 fully saturated rings. The van der Waals surface area contributed by atoms with Crippen LogP contribution in [0.5, 0.6) is 0 Å². The number of amides is 1. The number of piperazine rings is 1. The molecule has 0 aliphatic carbocycles. The largest absolute Gasteiger partial charge is 0.368 e. The number of para-hydroxylation sites is 1. The Hall–Kier alpha value is -2.95. The molecule has 4 rings (SSSR count). The Morgan fingerprint density at radius 3 is 2.41 bits per heavy atom. The maximum Gasteiger partial charge on any atom is 0.254 e. The van der Waals surface area contributed by atoms with E-state index >= 15 is 0 Å². The van der Waals surface area contributed by atoms with Crippen LogP contribution in [0, 0.1) is 0 Å². The lowest BCUT2D eigenvalue weighted by atomic mass is 10.0. The summed E-state index contributed by atoms with van der Waals surface area (Å²) in [6.45, 7) is 7.31. The molecule has 0 spiro atoms. The second-order valence-electron chi connectivity index (χ2n) is 7.25. The fourth-order valence-corrected chi connectivity index (χ4v) is 3.56. The first kappa shape index (κ1) is 17.5. The lowest BCUT2D eigenvalue weighted by Gasteiger charge is -2.36. The minimum Gasteiger partial charge on any atom is -0.368 e. The molecule has 1 aromatic carbocycles. The third-order valence-electron chi connectivity index (χ3n) is 5.15. The Labute approximate surface area is 159 Å². The molecule has 5 nitrogen and oxygen atoms in total. The van der Waals surface area contributed by atoms with Crippen molar-refractivity contribution in [2.45, 2.75) is 19.8 Å². The van der Waals surface area contributed by atoms with Crippen molar-refractivity contribution in [3.05, 3.63) is 66.1 Å². The number of anilines is 1. The lowest BCUT2D eigenvalue weighted by molar-refractivity contribution is 0.0748. The number of pyridine rings is 2. The van der Waals surface area contributed by atoms with Crippen LogP contribution in [-0.2, 0) is 0 Å². The predicted molar refractivity (Wildman–Crippen MR) is 108 cm³/mol. The van der Waals surface area contributed by atoms with E-state index in [1.165, 1.54) is 0 Å². The highest BCUT2D eigenvalue weighted by Crippen LogP contribution is 2.24. The van der Waals surface area contributed by atoms with Crippen LogP contribution in [0.25, 0.3) is 10.9 Å². The number of rotatable bonds is 3. The first-order chi connectivity index (χ1) is 13.1. The zero-order chi connectivity index (χ0) is 18.8. The van der Waals surface area contributed by atoms with Gasteiger partial charge in [-0.2, -0.15) is 0 Å². The summed E-state index contributed by atoms with van der Waals surface area (Å²) in [7, 11) is 0. The number of hydrogen-bond donors (Lipinski definition) is 0. The molecule has 0 unspecified atom stereocenters. The Balaban J connectivity index is 1.58. The normalized spacial score (nSPS) is 14.8. The van der Waals surface area contributed by atoms with Crippen LogP contribution in [0.3, 0.4) is 0 Å². The third kappa shape index (κ3) is 3.50. The zero-order valence-electron chi connectivity index (χ0n) is 15.8. The molecule has 138 valence electrons. The summed E-state index contributed by atoms with van der Waals surface area (Å²) in [5.41, 5.74) is 3.78. The first-order valence-electron chi connectivity index (χ1n) is 9.47. The summed E-state index contributed by atoms with van der Waals surface area (Å²) in [5, 5.41) is 0.934. The minimum absolute atomic E-state index is 0.102. The molecule has 1 aliphatic rings. The Morgan fingerprint density at radius 2 is 1.70 bits per heavy atom. The summed E-state index contributed by atoms with van der Waals surface area (Å²) < 4.78 is 0. The average molecular weight is 360 g/mol. The van der Waals surface area contributed by atoms with Crippen molar-refractivity contribution < 1.29 is 4.79 Å². The van der Waals surface area contributed by atoms with Gasteiger partial charge in [0.2, 0.25) is 0 Å². The highest BCUT2D eigenvalue weighted by molar-refractivity contribution is 6.06. The molecule has 0 N–H and O–H groups in total. The average Bonchev–Trinajstić information content (AvgIpc) is 2.73. The van der Waals surface area contributed by atoms with Crippen molar-refractivity contribution in [3.8, 4) is 0 Å². The van der Waals surface area contributed by atoms with Crippen LogP contribution in [0.15, 0.2) is 54.9 Å². The molecule has 2 aromatic heterocycles. The molecule has 0 radical (unpaired) electrons. The number of nitrogens with zero attached hydrogens (tertiary/aromatic N) is 4. The number of benzene rings is 1. The van der Waals surface area contributed by atoms with Crippen molar-refractivity contribution in [1.29, 1.82) is 0 Å². The molecule has 27 heavy (non-hydrogen) atoms. The summed E-state index contributed by atoms with van der Waals surface area (Å²) in [6, 6.07) is 13.9. The summed E-state index contributed by atoms with van der Waals surface area (Å²) in [5.74, 6) is 0.384. The van der Waals surface area contributed by atoms with E-state index in [0.717, 1.165) is 54.0 Å². The molecule has 0 saturated carbocycles. The lowest BCUT2D eigenvalue weighted by Crippen LogP contribution is -2.48. The molecule has 1 saturated heterocycles. The van der Waals surface area contributed by atoms with Gasteiger partial charge in [-0.3, -0.25) is 14.8 Å². The molecule has 1 aliphatic heterocycles. The van der Waals surface area contributed by atoms with Crippen molar-refractivity contribution in [3.63, 3.8) is 0 Å². The number of carbonyl (C=O) groups is 1. The van der Waals surface area contributed by atoms with Crippen molar-refractivity contribution in [2.24, 2.45) is 0 Å². The zero-order valence-corrected chi connectivity index (χ0v) is 15.8. The van der Waals surface area contributed by atoms with Crippen LogP contribution in [0.1, 0.15) is 35.8 Å². The fraction of sp³-hybridized carbons (Fsp3) is 0.318. The molecular formula is C22H24N4O. The van der Waals surface area contributed by atoms with Gasteiger partial charge in [0.1, 0.15) is 0 Å². The third-order valence-corrected chi connectivity index (χ3v) is 5.15. The monoisotopic (exact) mass is 360 g/mol. The quantitative estimate of drug-likeness (QED) is 0.714. The van der Waals surface area contributed by atoms with Crippen LogP contribution in [0.4, 0.5) is 5.69 Å². The van der Waals surface area contributed by atoms with Gasteiger partial charge in [0.15, 0.2) is 0 Å². The molecular weight excluding hydrogens is 336 g/mol. The summed E-state index contributed by atoms with van der Waals surface area (Å²) in [4.78, 5) is 26.4. The Morgan fingerprint density at radius 1 is 1.00 bits per heavy atom. The van der Waals surface area contributed by atoms with E-state index in [1.54, 1.807) is 0 Å². The van der Waals surface area contributed by atoms with Crippen molar-refractivity contribution >= 4 is 22.5 Å². The predicted octanol–water partition coefficient (Wildman–Crippen LogP) is 3.72. The van der Waals surface area contributed by atoms with Gasteiger partial charge in [0.25, 0.3) is 5.91 Å². The standard InChI is InChI=1S/C22H24N4O/c1-16(2)21-15-19(18-5-3-4-6-20(18)24-21)22(27)26-13-11-25(12-14-26)17-7-9-23-10-8-17/h3-10,15-16H,11-14H2,1-2H3. The second-order valence-corrected chi connectivity index (χ2v) is 7.25. The topological polar surface area (TPSA) is 49.3 Å². The molecule has 0 atom stereocenters. The molecule has 5 heteroatoms. The van der Waals surface area contributed by atoms with Crippen LogP contribution in [0.2, 0.25) is 0 Å². The van der Waals surface area contributed by atoms with E-state index in [9.17, 15) is 4.79 Å². The summed E-state index contributed by atoms with van der Waals surface area (Å²) >= 11 is 0. The summed E-state index contributed by atoms with van der Waals surface area (Å²) in [6.07, 6.45) is 3.62. The van der Waals surface area contributed by atoms with Crippen LogP contribution >= 0.6 is 0 Å². The van der Waals surface area contributed by atoms with Crippen LogP contribution < -0.4 is 4.90 Å². The SMILES string of the molecule is CC(C)c1cc(C(=O)N2CCN(c3ccncc3)CC2)c2ccccc2n1. The molecule has 1 amide bonds. The fourth-order valence-electron chi connectivity index (χ4n) is 3.56. The highest BCUT2D eigenvalue weighted by atomic mass is 16.2. The minimum atomic E-state index is 0.102. The van der Waals surface area contributed by atoms with E-state index in [4.69, 9.17) is 4.98 Å². The van der Waals surface area contributed by atoms with Gasteiger partial charge in [0, 0.05) is 55.3 Å². The van der Waals surface area contributed by atoms with Gasteiger partial charge < -0.3 is 9.80 Å².